The van der Waals surface area contributed by atoms with Crippen LogP contribution in [0.3, 0.4) is 0 Å². The number of carbonyl (C=O) groups is 1. The third kappa shape index (κ3) is 2.96. The first kappa shape index (κ1) is 11.5. The molecule has 1 aliphatic heterocycles. The monoisotopic (exact) mass is 200 g/mol. The molecule has 1 aliphatic rings. The molecule has 1 N–H and O–H groups in total. The van der Waals surface area contributed by atoms with E-state index in [0.29, 0.717) is 6.04 Å². The Labute approximate surface area is 85.6 Å². The highest BCUT2D eigenvalue weighted by Gasteiger charge is 2.29. The smallest absolute Gasteiger partial charge is 0.330 e. The van der Waals surface area contributed by atoms with E-state index in [9.17, 15) is 4.79 Å². The van der Waals surface area contributed by atoms with Gasteiger partial charge in [-0.1, -0.05) is 0 Å². The Morgan fingerprint density at radius 3 is 2.57 bits per heavy atom. The lowest BCUT2D eigenvalue weighted by molar-refractivity contribution is -0.195. The van der Waals surface area contributed by atoms with Crippen molar-refractivity contribution in [2.24, 2.45) is 5.41 Å². The second-order valence-corrected chi connectivity index (χ2v) is 4.79. The van der Waals surface area contributed by atoms with Gasteiger partial charge in [-0.2, -0.15) is 0 Å². The summed E-state index contributed by atoms with van der Waals surface area (Å²) in [7, 11) is 1.93. The SMILES string of the molecule is CNC1CCN(OC(=O)C(C)(C)C)C1. The van der Waals surface area contributed by atoms with Crippen LogP contribution < -0.4 is 5.32 Å². The van der Waals surface area contributed by atoms with Crippen molar-refractivity contribution in [1.29, 1.82) is 0 Å². The molecule has 0 saturated carbocycles. The Bertz CT molecular complexity index is 211. The molecule has 0 aromatic heterocycles. The van der Waals surface area contributed by atoms with Crippen molar-refractivity contribution in [2.45, 2.75) is 33.2 Å². The average molecular weight is 200 g/mol. The lowest BCUT2D eigenvalue weighted by atomic mass is 9.98. The highest BCUT2D eigenvalue weighted by molar-refractivity contribution is 5.75. The molecule has 1 atom stereocenters. The first-order chi connectivity index (χ1) is 6.43. The molecule has 1 unspecified atom stereocenters. The largest absolute Gasteiger partial charge is 0.367 e. The van der Waals surface area contributed by atoms with E-state index < -0.39 is 5.41 Å². The molecule has 0 aliphatic carbocycles. The van der Waals surface area contributed by atoms with Gasteiger partial charge in [-0.3, -0.25) is 0 Å². The van der Waals surface area contributed by atoms with Gasteiger partial charge in [-0.05, 0) is 34.2 Å². The van der Waals surface area contributed by atoms with E-state index >= 15 is 0 Å². The zero-order valence-corrected chi connectivity index (χ0v) is 9.46. The Morgan fingerprint density at radius 2 is 2.14 bits per heavy atom. The Morgan fingerprint density at radius 1 is 1.50 bits per heavy atom. The molecule has 0 radical (unpaired) electrons. The van der Waals surface area contributed by atoms with E-state index in [4.69, 9.17) is 4.84 Å². The number of carbonyl (C=O) groups excluding carboxylic acids is 1. The summed E-state index contributed by atoms with van der Waals surface area (Å²) in [5.74, 6) is -0.158. The van der Waals surface area contributed by atoms with Crippen LogP contribution in [0.4, 0.5) is 0 Å². The predicted octanol–water partition coefficient (Wildman–Crippen LogP) is 0.784. The van der Waals surface area contributed by atoms with Crippen molar-refractivity contribution in [1.82, 2.24) is 10.4 Å². The second kappa shape index (κ2) is 4.28. The molecule has 1 rings (SSSR count). The van der Waals surface area contributed by atoms with E-state index in [-0.39, 0.29) is 5.97 Å². The third-order valence-corrected chi connectivity index (χ3v) is 2.38. The van der Waals surface area contributed by atoms with Gasteiger partial charge < -0.3 is 10.2 Å². The first-order valence-corrected chi connectivity index (χ1v) is 5.08. The van der Waals surface area contributed by atoms with Gasteiger partial charge in [0.2, 0.25) is 0 Å². The maximum Gasteiger partial charge on any atom is 0.330 e. The van der Waals surface area contributed by atoms with Crippen molar-refractivity contribution in [2.75, 3.05) is 20.1 Å². The molecule has 0 spiro atoms. The van der Waals surface area contributed by atoms with Crippen LogP contribution in [0.1, 0.15) is 27.2 Å². The summed E-state index contributed by atoms with van der Waals surface area (Å²) in [5.41, 5.74) is -0.419. The van der Waals surface area contributed by atoms with Crippen molar-refractivity contribution in [3.63, 3.8) is 0 Å². The van der Waals surface area contributed by atoms with Crippen LogP contribution in [0, 0.1) is 5.41 Å². The molecule has 1 saturated heterocycles. The standard InChI is InChI=1S/C10H20N2O2/c1-10(2,3)9(13)14-12-6-5-8(7-12)11-4/h8,11H,5-7H2,1-4H3. The number of rotatable bonds is 2. The lowest BCUT2D eigenvalue weighted by Gasteiger charge is -2.21. The van der Waals surface area contributed by atoms with E-state index in [2.05, 4.69) is 5.32 Å². The van der Waals surface area contributed by atoms with Gasteiger partial charge in [0, 0.05) is 12.6 Å². The number of nitrogens with zero attached hydrogens (tertiary/aromatic N) is 1. The number of hydrogen-bond donors (Lipinski definition) is 1. The summed E-state index contributed by atoms with van der Waals surface area (Å²) in [6.07, 6.45) is 1.04. The topological polar surface area (TPSA) is 41.6 Å². The fourth-order valence-corrected chi connectivity index (χ4v) is 1.30. The minimum absolute atomic E-state index is 0.158. The van der Waals surface area contributed by atoms with Crippen LogP contribution in [-0.4, -0.2) is 37.2 Å². The predicted molar refractivity (Wildman–Crippen MR) is 54.6 cm³/mol. The molecule has 4 heteroatoms. The molecule has 82 valence electrons. The van der Waals surface area contributed by atoms with E-state index in [0.717, 1.165) is 19.5 Å². The molecular weight excluding hydrogens is 180 g/mol. The van der Waals surface area contributed by atoms with Crippen molar-refractivity contribution in [3.8, 4) is 0 Å². The Hall–Kier alpha value is -0.610. The summed E-state index contributed by atoms with van der Waals surface area (Å²) in [5, 5.41) is 4.92. The Kier molecular flexibility index (Phi) is 3.50. The molecule has 0 bridgehead atoms. The second-order valence-electron chi connectivity index (χ2n) is 4.79. The zero-order valence-electron chi connectivity index (χ0n) is 9.46. The van der Waals surface area contributed by atoms with E-state index in [1.54, 1.807) is 5.06 Å². The van der Waals surface area contributed by atoms with Crippen molar-refractivity contribution < 1.29 is 9.63 Å². The van der Waals surface area contributed by atoms with Gasteiger partial charge in [-0.25, -0.2) is 4.79 Å². The number of hydrogen-bond acceptors (Lipinski definition) is 4. The summed E-state index contributed by atoms with van der Waals surface area (Å²) in [4.78, 5) is 16.8. The minimum Gasteiger partial charge on any atom is -0.367 e. The van der Waals surface area contributed by atoms with Crippen molar-refractivity contribution >= 4 is 5.97 Å². The van der Waals surface area contributed by atoms with Crippen LogP contribution in [0.25, 0.3) is 0 Å². The summed E-state index contributed by atoms with van der Waals surface area (Å²) < 4.78 is 0. The summed E-state index contributed by atoms with van der Waals surface area (Å²) in [6.45, 7) is 7.20. The van der Waals surface area contributed by atoms with Crippen LogP contribution >= 0.6 is 0 Å². The molecule has 0 aromatic carbocycles. The van der Waals surface area contributed by atoms with Crippen molar-refractivity contribution in [3.05, 3.63) is 0 Å². The van der Waals surface area contributed by atoms with Gasteiger partial charge in [-0.15, -0.1) is 5.06 Å². The molecule has 4 nitrogen and oxygen atoms in total. The Balaban J connectivity index is 2.36. The van der Waals surface area contributed by atoms with Gasteiger partial charge >= 0.3 is 5.97 Å². The van der Waals surface area contributed by atoms with Crippen LogP contribution in [0.2, 0.25) is 0 Å². The summed E-state index contributed by atoms with van der Waals surface area (Å²) >= 11 is 0. The van der Waals surface area contributed by atoms with Gasteiger partial charge in [0.05, 0.1) is 12.0 Å². The molecular formula is C10H20N2O2. The zero-order chi connectivity index (χ0) is 10.8. The molecule has 1 fully saturated rings. The number of hydroxylamine groups is 2. The average Bonchev–Trinajstić information content (AvgIpc) is 2.50. The van der Waals surface area contributed by atoms with Crippen LogP contribution in [-0.2, 0) is 9.63 Å². The highest BCUT2D eigenvalue weighted by atomic mass is 16.7. The molecule has 14 heavy (non-hydrogen) atoms. The van der Waals surface area contributed by atoms with Crippen LogP contribution in [0.5, 0.6) is 0 Å². The lowest BCUT2D eigenvalue weighted by Crippen LogP contribution is -2.34. The fourth-order valence-electron chi connectivity index (χ4n) is 1.30. The van der Waals surface area contributed by atoms with E-state index in [1.807, 2.05) is 27.8 Å². The minimum atomic E-state index is -0.419. The summed E-state index contributed by atoms with van der Waals surface area (Å²) in [6, 6.07) is 0.447. The quantitative estimate of drug-likeness (QED) is 0.715. The fraction of sp³-hybridized carbons (Fsp3) is 0.900. The van der Waals surface area contributed by atoms with Crippen LogP contribution in [0.15, 0.2) is 0 Å². The van der Waals surface area contributed by atoms with Gasteiger partial charge in [0.1, 0.15) is 0 Å². The maximum absolute atomic E-state index is 11.5. The molecule has 0 aromatic rings. The van der Waals surface area contributed by atoms with Gasteiger partial charge in [0.15, 0.2) is 0 Å². The third-order valence-electron chi connectivity index (χ3n) is 2.38. The number of likely N-dealkylation sites (N-methyl/N-ethyl adjacent to an activating group) is 1. The molecule has 0 amide bonds. The highest BCUT2D eigenvalue weighted by Crippen LogP contribution is 2.18. The molecule has 1 heterocycles. The maximum atomic E-state index is 11.5. The normalized spacial score (nSPS) is 23.9. The van der Waals surface area contributed by atoms with Gasteiger partial charge in [0.25, 0.3) is 0 Å². The van der Waals surface area contributed by atoms with E-state index in [1.165, 1.54) is 0 Å². The first-order valence-electron chi connectivity index (χ1n) is 5.08. The number of nitrogens with one attached hydrogen (secondary N) is 1.